The Morgan fingerprint density at radius 2 is 1.23 bits per heavy atom. The van der Waals surface area contributed by atoms with Crippen LogP contribution in [-0.4, -0.2) is 19.0 Å². The normalized spacial score (nSPS) is 11.5. The zero-order valence-electron chi connectivity index (χ0n) is 17.6. The van der Waals surface area contributed by atoms with Crippen LogP contribution >= 0.6 is 0 Å². The van der Waals surface area contributed by atoms with Crippen molar-refractivity contribution < 1.29 is 19.1 Å². The summed E-state index contributed by atoms with van der Waals surface area (Å²) in [4.78, 5) is 25.9. The van der Waals surface area contributed by atoms with E-state index < -0.39 is 11.9 Å². The predicted molar refractivity (Wildman–Crippen MR) is 118 cm³/mol. The third-order valence-corrected chi connectivity index (χ3v) is 4.78. The average molecular weight is 400 g/mol. The Morgan fingerprint density at radius 1 is 0.733 bits per heavy atom. The summed E-state index contributed by atoms with van der Waals surface area (Å²) in [5.41, 5.74) is 4.82. The Labute approximate surface area is 176 Å². The van der Waals surface area contributed by atoms with Crippen LogP contribution < -0.4 is 0 Å². The SMILES string of the molecule is COC(=O)/C(=C(\OC(=O)c1ccccc1)c1ccccc1)c1c(C)cc(C)cc1C. The summed E-state index contributed by atoms with van der Waals surface area (Å²) >= 11 is 0. The first kappa shape index (κ1) is 21.1. The van der Waals surface area contributed by atoms with E-state index in [0.717, 1.165) is 16.7 Å². The summed E-state index contributed by atoms with van der Waals surface area (Å²) in [7, 11) is 1.32. The smallest absolute Gasteiger partial charge is 0.343 e. The first-order valence-electron chi connectivity index (χ1n) is 9.65. The summed E-state index contributed by atoms with van der Waals surface area (Å²) in [5, 5.41) is 0. The first-order valence-corrected chi connectivity index (χ1v) is 9.65. The summed E-state index contributed by atoms with van der Waals surface area (Å²) in [6.07, 6.45) is 0. The lowest BCUT2D eigenvalue weighted by Crippen LogP contribution is -2.14. The van der Waals surface area contributed by atoms with Gasteiger partial charge in [0.1, 0.15) is 5.57 Å². The third-order valence-electron chi connectivity index (χ3n) is 4.78. The Hall–Kier alpha value is -3.66. The van der Waals surface area contributed by atoms with Crippen LogP contribution in [0.15, 0.2) is 72.8 Å². The van der Waals surface area contributed by atoms with Gasteiger partial charge >= 0.3 is 11.9 Å². The fourth-order valence-corrected chi connectivity index (χ4v) is 3.55. The maximum Gasteiger partial charge on any atom is 0.343 e. The topological polar surface area (TPSA) is 52.6 Å². The van der Waals surface area contributed by atoms with E-state index in [1.54, 1.807) is 36.4 Å². The monoisotopic (exact) mass is 400 g/mol. The maximum absolute atomic E-state index is 13.0. The van der Waals surface area contributed by atoms with Gasteiger partial charge in [0.05, 0.1) is 12.7 Å². The number of carbonyl (C=O) groups is 2. The summed E-state index contributed by atoms with van der Waals surface area (Å²) < 4.78 is 11.0. The number of benzene rings is 3. The molecule has 3 aromatic rings. The van der Waals surface area contributed by atoms with Crippen molar-refractivity contribution in [3.63, 3.8) is 0 Å². The van der Waals surface area contributed by atoms with Crippen molar-refractivity contribution in [3.8, 4) is 0 Å². The second-order valence-electron chi connectivity index (χ2n) is 7.09. The molecular weight excluding hydrogens is 376 g/mol. The van der Waals surface area contributed by atoms with E-state index in [1.807, 2.05) is 57.2 Å². The first-order chi connectivity index (χ1) is 14.4. The maximum atomic E-state index is 13.0. The van der Waals surface area contributed by atoms with E-state index in [4.69, 9.17) is 9.47 Å². The van der Waals surface area contributed by atoms with Crippen LogP contribution in [0.3, 0.4) is 0 Å². The van der Waals surface area contributed by atoms with Crippen molar-refractivity contribution >= 4 is 23.3 Å². The summed E-state index contributed by atoms with van der Waals surface area (Å²) in [6, 6.07) is 21.8. The lowest BCUT2D eigenvalue weighted by Gasteiger charge is -2.18. The van der Waals surface area contributed by atoms with Gasteiger partial charge < -0.3 is 9.47 Å². The predicted octanol–water partition coefficient (Wildman–Crippen LogP) is 5.51. The second-order valence-corrected chi connectivity index (χ2v) is 7.09. The molecule has 0 fully saturated rings. The molecule has 4 nitrogen and oxygen atoms in total. The fourth-order valence-electron chi connectivity index (χ4n) is 3.55. The van der Waals surface area contributed by atoms with E-state index in [9.17, 15) is 9.59 Å². The molecule has 0 heterocycles. The molecule has 0 spiro atoms. The van der Waals surface area contributed by atoms with Crippen LogP contribution in [0.4, 0.5) is 0 Å². The molecule has 0 saturated heterocycles. The van der Waals surface area contributed by atoms with Crippen molar-refractivity contribution in [3.05, 3.63) is 106 Å². The Balaban J connectivity index is 2.28. The summed E-state index contributed by atoms with van der Waals surface area (Å²) in [5.74, 6) is -0.936. The molecule has 0 aliphatic rings. The van der Waals surface area contributed by atoms with Crippen molar-refractivity contribution in [1.82, 2.24) is 0 Å². The van der Waals surface area contributed by atoms with Crippen molar-refractivity contribution in [2.24, 2.45) is 0 Å². The lowest BCUT2D eigenvalue weighted by molar-refractivity contribution is -0.133. The van der Waals surface area contributed by atoms with E-state index in [1.165, 1.54) is 7.11 Å². The number of esters is 2. The fraction of sp³-hybridized carbons (Fsp3) is 0.154. The molecule has 0 aliphatic carbocycles. The molecule has 3 rings (SSSR count). The van der Waals surface area contributed by atoms with Crippen LogP contribution in [0.2, 0.25) is 0 Å². The molecule has 3 aromatic carbocycles. The molecule has 0 saturated carbocycles. The molecule has 0 bridgehead atoms. The quantitative estimate of drug-likeness (QED) is 0.245. The Morgan fingerprint density at radius 3 is 1.73 bits per heavy atom. The van der Waals surface area contributed by atoms with Crippen molar-refractivity contribution in [2.75, 3.05) is 7.11 Å². The molecule has 0 N–H and O–H groups in total. The molecule has 152 valence electrons. The standard InChI is InChI=1S/C26H24O4/c1-17-15-18(2)22(19(3)16-17)23(26(28)29-4)24(20-11-7-5-8-12-20)30-25(27)21-13-9-6-10-14-21/h5-16H,1-4H3/b24-23-. The van der Waals surface area contributed by atoms with Crippen LogP contribution in [0.1, 0.15) is 38.2 Å². The minimum absolute atomic E-state index is 0.173. The van der Waals surface area contributed by atoms with Gasteiger partial charge in [-0.15, -0.1) is 0 Å². The number of ether oxygens (including phenoxy) is 2. The Bertz CT molecular complexity index is 1070. The van der Waals surface area contributed by atoms with E-state index in [-0.39, 0.29) is 11.3 Å². The molecule has 0 unspecified atom stereocenters. The van der Waals surface area contributed by atoms with E-state index in [0.29, 0.717) is 16.7 Å². The molecule has 0 amide bonds. The number of rotatable bonds is 5. The molecule has 0 radical (unpaired) electrons. The molecule has 4 heteroatoms. The van der Waals surface area contributed by atoms with E-state index in [2.05, 4.69) is 0 Å². The zero-order valence-corrected chi connectivity index (χ0v) is 17.6. The molecule has 0 aliphatic heterocycles. The number of aryl methyl sites for hydroxylation is 3. The second kappa shape index (κ2) is 9.23. The van der Waals surface area contributed by atoms with Gasteiger partial charge in [-0.3, -0.25) is 0 Å². The Kier molecular flexibility index (Phi) is 6.48. The van der Waals surface area contributed by atoms with Crippen molar-refractivity contribution in [2.45, 2.75) is 20.8 Å². The van der Waals surface area contributed by atoms with Crippen LogP contribution in [0.5, 0.6) is 0 Å². The average Bonchev–Trinajstić information content (AvgIpc) is 2.75. The minimum atomic E-state index is -0.565. The van der Waals surface area contributed by atoms with Gasteiger partial charge in [-0.1, -0.05) is 66.2 Å². The van der Waals surface area contributed by atoms with Crippen LogP contribution in [0, 0.1) is 20.8 Å². The third kappa shape index (κ3) is 4.49. The van der Waals surface area contributed by atoms with Crippen LogP contribution in [-0.2, 0) is 14.3 Å². The molecule has 0 atom stereocenters. The summed E-state index contributed by atoms with van der Waals surface area (Å²) in [6.45, 7) is 5.86. The van der Waals surface area contributed by atoms with Gasteiger partial charge in [0, 0.05) is 5.56 Å². The highest BCUT2D eigenvalue weighted by Crippen LogP contribution is 2.33. The number of hydrogen-bond donors (Lipinski definition) is 0. The van der Waals surface area contributed by atoms with Gasteiger partial charge in [-0.25, -0.2) is 9.59 Å². The van der Waals surface area contributed by atoms with Gasteiger partial charge in [-0.05, 0) is 49.6 Å². The van der Waals surface area contributed by atoms with E-state index >= 15 is 0 Å². The highest BCUT2D eigenvalue weighted by molar-refractivity contribution is 6.25. The lowest BCUT2D eigenvalue weighted by atomic mass is 9.91. The van der Waals surface area contributed by atoms with Gasteiger partial charge in [0.25, 0.3) is 0 Å². The highest BCUT2D eigenvalue weighted by atomic mass is 16.5. The number of methoxy groups -OCH3 is 1. The van der Waals surface area contributed by atoms with Crippen molar-refractivity contribution in [1.29, 1.82) is 0 Å². The van der Waals surface area contributed by atoms with Gasteiger partial charge in [0.2, 0.25) is 0 Å². The molecule has 30 heavy (non-hydrogen) atoms. The highest BCUT2D eigenvalue weighted by Gasteiger charge is 2.26. The van der Waals surface area contributed by atoms with Gasteiger partial charge in [0.15, 0.2) is 5.76 Å². The zero-order chi connectivity index (χ0) is 21.7. The number of hydrogen-bond acceptors (Lipinski definition) is 4. The van der Waals surface area contributed by atoms with Crippen LogP contribution in [0.25, 0.3) is 11.3 Å². The largest absolute Gasteiger partial charge is 0.465 e. The number of carbonyl (C=O) groups excluding carboxylic acids is 2. The van der Waals surface area contributed by atoms with Gasteiger partial charge in [-0.2, -0.15) is 0 Å². The minimum Gasteiger partial charge on any atom is -0.465 e. The molecule has 0 aromatic heterocycles. The molecular formula is C26H24O4.